The van der Waals surface area contributed by atoms with Gasteiger partial charge in [-0.1, -0.05) is 117 Å². The number of alkyl halides is 2. The maximum Gasteiger partial charge on any atom is 0.306 e. The van der Waals surface area contributed by atoms with E-state index in [0.29, 0.717) is 16.7 Å². The Bertz CT molecular complexity index is 772. The molecular weight excluding hydrogens is 600 g/mol. The van der Waals surface area contributed by atoms with Gasteiger partial charge in [0.2, 0.25) is 0 Å². The fraction of sp³-hybridized carbons (Fsp3) is 0.971. The van der Waals surface area contributed by atoms with Crippen LogP contribution in [0.3, 0.4) is 0 Å². The van der Waals surface area contributed by atoms with E-state index in [2.05, 4.69) is 59.6 Å². The quantitative estimate of drug-likeness (QED) is 0.112. The Morgan fingerprint density at radius 3 is 2.26 bits per heavy atom. The number of unbranched alkanes of at least 4 members (excludes halogenated alkanes) is 8. The van der Waals surface area contributed by atoms with E-state index in [1.54, 1.807) is 0 Å². The van der Waals surface area contributed by atoms with Gasteiger partial charge in [0.1, 0.15) is 6.10 Å². The van der Waals surface area contributed by atoms with Gasteiger partial charge in [-0.05, 0) is 92.3 Å². The van der Waals surface area contributed by atoms with Crippen molar-refractivity contribution >= 4 is 37.8 Å². The summed E-state index contributed by atoms with van der Waals surface area (Å²) in [5, 5.41) is 0. The van der Waals surface area contributed by atoms with Crippen molar-refractivity contribution in [3.63, 3.8) is 0 Å². The number of hydrogen-bond acceptors (Lipinski definition) is 2. The number of fused-ring (bicyclic) bond motifs is 5. The molecule has 0 heterocycles. The molecule has 4 rings (SSSR count). The molecule has 9 atom stereocenters. The highest BCUT2D eigenvalue weighted by Gasteiger charge is 2.66. The average molecular weight is 659 g/mol. The van der Waals surface area contributed by atoms with Crippen molar-refractivity contribution in [2.24, 2.45) is 34.5 Å². The lowest BCUT2D eigenvalue weighted by Gasteiger charge is -2.65. The molecular formula is C34H58Br2O2. The van der Waals surface area contributed by atoms with Crippen LogP contribution < -0.4 is 0 Å². The standard InChI is InChI=1S/C34H58Br2O2/c1-5-7-9-11-12-13-15-25-17-18-28-27-23-30(35)34(36)24-26(38-31(37)16-14-10-8-6-2)19-22-33(34,4)29(27)20-21-32(25,28)3/h25-30H,5-24H2,1-4H3/t25-,26-,27-,28-,29-,30-,32+,33+,34-/m0/s1. The van der Waals surface area contributed by atoms with Crippen LogP contribution in [0.4, 0.5) is 0 Å². The number of carbonyl (C=O) groups is 1. The molecule has 220 valence electrons. The SMILES string of the molecule is CCCCCCCC[C@H]1CC[C@H]2[C@@H]3C[C@H](Br)[C@@]4(Br)C[C@@H](OC(=O)CCCCCC)CC[C@]4(C)[C@H]3CC[C@]12C. The molecule has 0 aromatic carbocycles. The fourth-order valence-electron chi connectivity index (χ4n) is 9.94. The molecule has 4 aliphatic rings. The highest BCUT2D eigenvalue weighted by molar-refractivity contribution is 9.12. The summed E-state index contributed by atoms with van der Waals surface area (Å²) < 4.78 is 6.12. The summed E-state index contributed by atoms with van der Waals surface area (Å²) in [6.07, 6.45) is 25.4. The lowest BCUT2D eigenvalue weighted by atomic mass is 9.44. The van der Waals surface area contributed by atoms with Gasteiger partial charge in [-0.2, -0.15) is 0 Å². The molecule has 0 aliphatic heterocycles. The van der Waals surface area contributed by atoms with E-state index >= 15 is 0 Å². The first-order valence-electron chi connectivity index (χ1n) is 16.7. The van der Waals surface area contributed by atoms with Crippen LogP contribution in [-0.2, 0) is 9.53 Å². The number of halogens is 2. The van der Waals surface area contributed by atoms with E-state index in [1.807, 2.05) is 0 Å². The van der Waals surface area contributed by atoms with E-state index in [1.165, 1.54) is 96.3 Å². The lowest BCUT2D eigenvalue weighted by molar-refractivity contribution is -0.157. The van der Waals surface area contributed by atoms with Crippen LogP contribution in [0.25, 0.3) is 0 Å². The first-order chi connectivity index (χ1) is 18.2. The van der Waals surface area contributed by atoms with Crippen LogP contribution >= 0.6 is 31.9 Å². The highest BCUT2D eigenvalue weighted by Crippen LogP contribution is 2.71. The van der Waals surface area contributed by atoms with Crippen LogP contribution in [0.1, 0.15) is 156 Å². The van der Waals surface area contributed by atoms with E-state index in [4.69, 9.17) is 4.74 Å². The summed E-state index contributed by atoms with van der Waals surface area (Å²) in [6.45, 7) is 9.82. The second-order valence-electron chi connectivity index (χ2n) is 14.4. The summed E-state index contributed by atoms with van der Waals surface area (Å²) in [5.74, 6) is 3.53. The van der Waals surface area contributed by atoms with Gasteiger partial charge in [0.15, 0.2) is 0 Å². The van der Waals surface area contributed by atoms with Crippen LogP contribution in [0.2, 0.25) is 0 Å². The van der Waals surface area contributed by atoms with Gasteiger partial charge in [-0.3, -0.25) is 4.79 Å². The smallest absolute Gasteiger partial charge is 0.306 e. The minimum atomic E-state index is 0.0246. The van der Waals surface area contributed by atoms with Crippen molar-refractivity contribution in [2.75, 3.05) is 0 Å². The third-order valence-corrected chi connectivity index (χ3v) is 15.9. The van der Waals surface area contributed by atoms with E-state index in [0.717, 1.165) is 49.4 Å². The van der Waals surface area contributed by atoms with Crippen molar-refractivity contribution in [1.82, 2.24) is 0 Å². The van der Waals surface area contributed by atoms with Crippen molar-refractivity contribution in [2.45, 2.75) is 171 Å². The van der Waals surface area contributed by atoms with Gasteiger partial charge in [0, 0.05) is 22.0 Å². The first-order valence-corrected chi connectivity index (χ1v) is 18.4. The van der Waals surface area contributed by atoms with Crippen molar-refractivity contribution in [1.29, 1.82) is 0 Å². The molecule has 0 unspecified atom stereocenters. The van der Waals surface area contributed by atoms with Gasteiger partial charge in [0.25, 0.3) is 0 Å². The number of esters is 1. The van der Waals surface area contributed by atoms with Crippen LogP contribution in [0, 0.1) is 34.5 Å². The number of carbonyl (C=O) groups excluding carboxylic acids is 1. The fourth-order valence-corrected chi connectivity index (χ4v) is 12.1. The molecule has 0 saturated heterocycles. The first kappa shape index (κ1) is 31.4. The third-order valence-electron chi connectivity index (χ3n) is 12.3. The van der Waals surface area contributed by atoms with E-state index in [9.17, 15) is 4.79 Å². The monoisotopic (exact) mass is 656 g/mol. The molecule has 38 heavy (non-hydrogen) atoms. The van der Waals surface area contributed by atoms with Crippen LogP contribution in [0.5, 0.6) is 0 Å². The summed E-state index contributed by atoms with van der Waals surface area (Å²) in [5.41, 5.74) is 0.831. The van der Waals surface area contributed by atoms with Crippen molar-refractivity contribution < 1.29 is 9.53 Å². The predicted molar refractivity (Wildman–Crippen MR) is 168 cm³/mol. The van der Waals surface area contributed by atoms with Crippen molar-refractivity contribution in [3.8, 4) is 0 Å². The summed E-state index contributed by atoms with van der Waals surface area (Å²) >= 11 is 8.63. The second kappa shape index (κ2) is 13.6. The summed E-state index contributed by atoms with van der Waals surface area (Å²) in [7, 11) is 0. The Labute approximate surface area is 252 Å². The van der Waals surface area contributed by atoms with E-state index < -0.39 is 0 Å². The molecule has 0 N–H and O–H groups in total. The molecule has 4 heteroatoms. The highest BCUT2D eigenvalue weighted by atomic mass is 79.9. The zero-order valence-electron chi connectivity index (χ0n) is 25.2. The average Bonchev–Trinajstić information content (AvgIpc) is 3.22. The zero-order chi connectivity index (χ0) is 27.4. The molecule has 4 aliphatic carbocycles. The maximum atomic E-state index is 12.6. The van der Waals surface area contributed by atoms with Crippen LogP contribution in [-0.4, -0.2) is 21.2 Å². The predicted octanol–water partition coefficient (Wildman–Crippen LogP) is 11.2. The molecule has 2 nitrogen and oxygen atoms in total. The minimum Gasteiger partial charge on any atom is -0.462 e. The van der Waals surface area contributed by atoms with Gasteiger partial charge in [-0.25, -0.2) is 0 Å². The number of rotatable bonds is 13. The third kappa shape index (κ3) is 6.27. The molecule has 0 amide bonds. The molecule has 0 aromatic rings. The zero-order valence-corrected chi connectivity index (χ0v) is 28.4. The maximum absolute atomic E-state index is 12.6. The second-order valence-corrected chi connectivity index (χ2v) is 16.9. The molecule has 4 saturated carbocycles. The minimum absolute atomic E-state index is 0.0246. The van der Waals surface area contributed by atoms with Crippen molar-refractivity contribution in [3.05, 3.63) is 0 Å². The summed E-state index contributed by atoms with van der Waals surface area (Å²) in [4.78, 5) is 13.1. The number of ether oxygens (including phenoxy) is 1. The Hall–Kier alpha value is 0.430. The largest absolute Gasteiger partial charge is 0.462 e. The van der Waals surface area contributed by atoms with E-state index in [-0.39, 0.29) is 21.8 Å². The van der Waals surface area contributed by atoms with Gasteiger partial charge in [0.05, 0.1) is 0 Å². The Morgan fingerprint density at radius 1 is 0.842 bits per heavy atom. The Balaban J connectivity index is 1.36. The topological polar surface area (TPSA) is 26.3 Å². The molecule has 0 bridgehead atoms. The molecule has 0 spiro atoms. The van der Waals surface area contributed by atoms with Crippen LogP contribution in [0.15, 0.2) is 0 Å². The summed E-state index contributed by atoms with van der Waals surface area (Å²) in [6, 6.07) is 0. The molecule has 4 fully saturated rings. The normalized spacial score (nSPS) is 42.3. The lowest BCUT2D eigenvalue weighted by Crippen LogP contribution is -2.64. The Kier molecular flexibility index (Phi) is 11.2. The van der Waals surface area contributed by atoms with Gasteiger partial charge in [-0.15, -0.1) is 0 Å². The number of hydrogen-bond donors (Lipinski definition) is 0. The van der Waals surface area contributed by atoms with Gasteiger partial charge >= 0.3 is 5.97 Å². The Morgan fingerprint density at radius 2 is 1.53 bits per heavy atom. The van der Waals surface area contributed by atoms with Gasteiger partial charge < -0.3 is 4.74 Å². The molecule has 0 radical (unpaired) electrons. The molecule has 0 aromatic heterocycles.